The molecule has 0 amide bonds. The molecule has 0 aliphatic rings. The maximum Gasteiger partial charge on any atom is 0.241 e. The van der Waals surface area contributed by atoms with Crippen LogP contribution in [0.2, 0.25) is 0 Å². The number of thiophene rings is 1. The lowest BCUT2D eigenvalue weighted by atomic mass is 10.1. The van der Waals surface area contributed by atoms with Gasteiger partial charge in [0, 0.05) is 29.4 Å². The summed E-state index contributed by atoms with van der Waals surface area (Å²) in [7, 11) is -3.62. The molecule has 8 heteroatoms. The van der Waals surface area contributed by atoms with Gasteiger partial charge in [-0.3, -0.25) is 0 Å². The molecule has 0 atom stereocenters. The van der Waals surface area contributed by atoms with Gasteiger partial charge in [0.2, 0.25) is 10.0 Å². The van der Waals surface area contributed by atoms with Crippen molar-refractivity contribution in [1.82, 2.24) is 4.72 Å². The molecule has 1 aromatic heterocycles. The summed E-state index contributed by atoms with van der Waals surface area (Å²) in [6.07, 6.45) is 0.196. The lowest BCUT2D eigenvalue weighted by molar-refractivity contribution is 0.576. The minimum atomic E-state index is -3.62. The summed E-state index contributed by atoms with van der Waals surface area (Å²) in [6.45, 7) is 0.335. The smallest absolute Gasteiger partial charge is 0.241 e. The highest BCUT2D eigenvalue weighted by Crippen LogP contribution is 2.18. The number of nitrogens with two attached hydrogens (primary N) is 1. The van der Waals surface area contributed by atoms with Gasteiger partial charge in [-0.05, 0) is 30.2 Å². The first kappa shape index (κ1) is 16.0. The van der Waals surface area contributed by atoms with Gasteiger partial charge in [0.15, 0.2) is 0 Å². The van der Waals surface area contributed by atoms with Gasteiger partial charge in [-0.1, -0.05) is 0 Å². The van der Waals surface area contributed by atoms with E-state index in [0.717, 1.165) is 10.9 Å². The van der Waals surface area contributed by atoms with Gasteiger partial charge in [0.1, 0.15) is 11.6 Å². The SMILES string of the molecule is NCc1cc(S(=O)(=O)NCCc2cc(F)cc(F)c2)cs1. The standard InChI is InChI=1S/C13H14F2N2O2S2/c14-10-3-9(4-11(15)5-10)1-2-17-21(18,19)13-6-12(7-16)20-8-13/h3-6,8,17H,1-2,7,16H2. The molecule has 0 unspecified atom stereocenters. The van der Waals surface area contributed by atoms with Crippen molar-refractivity contribution < 1.29 is 17.2 Å². The average Bonchev–Trinajstić information content (AvgIpc) is 2.86. The Kier molecular flexibility index (Phi) is 5.04. The first-order valence-corrected chi connectivity index (χ1v) is 8.49. The van der Waals surface area contributed by atoms with Gasteiger partial charge >= 0.3 is 0 Å². The molecule has 2 rings (SSSR count). The topological polar surface area (TPSA) is 72.2 Å². The van der Waals surface area contributed by atoms with Crippen molar-refractivity contribution in [2.45, 2.75) is 17.9 Å². The van der Waals surface area contributed by atoms with Crippen molar-refractivity contribution in [2.75, 3.05) is 6.54 Å². The lowest BCUT2D eigenvalue weighted by Gasteiger charge is -2.05. The Balaban J connectivity index is 1.98. The van der Waals surface area contributed by atoms with Crippen LogP contribution < -0.4 is 10.5 Å². The largest absolute Gasteiger partial charge is 0.326 e. The summed E-state index contributed by atoms with van der Waals surface area (Å²) in [5, 5.41) is 1.51. The zero-order valence-corrected chi connectivity index (χ0v) is 12.6. The van der Waals surface area contributed by atoms with Crippen LogP contribution in [0.25, 0.3) is 0 Å². The molecule has 0 aliphatic heterocycles. The highest BCUT2D eigenvalue weighted by atomic mass is 32.2. The van der Waals surface area contributed by atoms with Crippen LogP contribution in [0.3, 0.4) is 0 Å². The predicted octanol–water partition coefficient (Wildman–Crippen LogP) is 2.01. The summed E-state index contributed by atoms with van der Waals surface area (Å²) in [6, 6.07) is 4.63. The van der Waals surface area contributed by atoms with Crippen LogP contribution in [0.4, 0.5) is 8.78 Å². The number of hydrogen-bond donors (Lipinski definition) is 2. The van der Waals surface area contributed by atoms with Crippen molar-refractivity contribution in [3.05, 3.63) is 51.7 Å². The quantitative estimate of drug-likeness (QED) is 0.850. The Morgan fingerprint density at radius 3 is 2.38 bits per heavy atom. The molecular formula is C13H14F2N2O2S2. The number of hydrogen-bond acceptors (Lipinski definition) is 4. The average molecular weight is 332 g/mol. The van der Waals surface area contributed by atoms with E-state index in [-0.39, 0.29) is 24.4 Å². The molecule has 0 spiro atoms. The Morgan fingerprint density at radius 1 is 1.14 bits per heavy atom. The maximum atomic E-state index is 13.0. The summed E-state index contributed by atoms with van der Waals surface area (Å²) >= 11 is 1.27. The lowest BCUT2D eigenvalue weighted by Crippen LogP contribution is -2.25. The van der Waals surface area contributed by atoms with E-state index in [1.54, 1.807) is 0 Å². The normalized spacial score (nSPS) is 11.8. The first-order valence-electron chi connectivity index (χ1n) is 6.13. The molecule has 0 fully saturated rings. The van der Waals surface area contributed by atoms with Crippen LogP contribution in [0, 0.1) is 11.6 Å². The second-order valence-electron chi connectivity index (χ2n) is 4.38. The molecule has 3 N–H and O–H groups in total. The van der Waals surface area contributed by atoms with E-state index >= 15 is 0 Å². The summed E-state index contributed by atoms with van der Waals surface area (Å²) in [5.74, 6) is -1.36. The van der Waals surface area contributed by atoms with Crippen molar-refractivity contribution in [1.29, 1.82) is 0 Å². The first-order chi connectivity index (χ1) is 9.90. The van der Waals surface area contributed by atoms with Crippen LogP contribution in [-0.4, -0.2) is 15.0 Å². The molecule has 0 saturated heterocycles. The minimum Gasteiger partial charge on any atom is -0.326 e. The second-order valence-corrected chi connectivity index (χ2v) is 7.14. The van der Waals surface area contributed by atoms with Crippen molar-refractivity contribution in [2.24, 2.45) is 5.73 Å². The summed E-state index contributed by atoms with van der Waals surface area (Å²) in [4.78, 5) is 0.918. The van der Waals surface area contributed by atoms with Crippen LogP contribution in [-0.2, 0) is 23.0 Å². The van der Waals surface area contributed by atoms with Crippen molar-refractivity contribution >= 4 is 21.4 Å². The van der Waals surface area contributed by atoms with Gasteiger partial charge in [-0.25, -0.2) is 21.9 Å². The van der Waals surface area contributed by atoms with E-state index in [4.69, 9.17) is 5.73 Å². The number of nitrogens with one attached hydrogen (secondary N) is 1. The van der Waals surface area contributed by atoms with Gasteiger partial charge in [0.25, 0.3) is 0 Å². The number of benzene rings is 1. The van der Waals surface area contributed by atoms with E-state index in [9.17, 15) is 17.2 Å². The maximum absolute atomic E-state index is 13.0. The fourth-order valence-electron chi connectivity index (χ4n) is 1.78. The molecule has 21 heavy (non-hydrogen) atoms. The minimum absolute atomic E-state index is 0.0546. The molecule has 0 saturated carbocycles. The molecule has 0 radical (unpaired) electrons. The zero-order chi connectivity index (χ0) is 15.5. The second kappa shape index (κ2) is 6.61. The Hall–Kier alpha value is -1.35. The number of sulfonamides is 1. The fourth-order valence-corrected chi connectivity index (χ4v) is 3.96. The van der Waals surface area contributed by atoms with Crippen molar-refractivity contribution in [3.8, 4) is 0 Å². The molecule has 1 aromatic carbocycles. The third-order valence-electron chi connectivity index (χ3n) is 2.77. The fraction of sp³-hybridized carbons (Fsp3) is 0.231. The number of halogens is 2. The molecule has 4 nitrogen and oxygen atoms in total. The van der Waals surface area contributed by atoms with E-state index < -0.39 is 21.7 Å². The van der Waals surface area contributed by atoms with E-state index in [1.807, 2.05) is 0 Å². The van der Waals surface area contributed by atoms with Gasteiger partial charge < -0.3 is 5.73 Å². The van der Waals surface area contributed by atoms with Gasteiger partial charge in [-0.15, -0.1) is 11.3 Å². The van der Waals surface area contributed by atoms with Gasteiger partial charge in [-0.2, -0.15) is 0 Å². The predicted molar refractivity (Wildman–Crippen MR) is 77.5 cm³/mol. The highest BCUT2D eigenvalue weighted by Gasteiger charge is 2.15. The highest BCUT2D eigenvalue weighted by molar-refractivity contribution is 7.89. The molecular weight excluding hydrogens is 318 g/mol. The monoisotopic (exact) mass is 332 g/mol. The van der Waals surface area contributed by atoms with Crippen LogP contribution in [0.15, 0.2) is 34.5 Å². The Morgan fingerprint density at radius 2 is 1.81 bits per heavy atom. The Bertz CT molecular complexity index is 709. The molecule has 0 aliphatic carbocycles. The molecule has 0 bridgehead atoms. The Labute approximate surface area is 125 Å². The molecule has 1 heterocycles. The van der Waals surface area contributed by atoms with Crippen LogP contribution in [0.1, 0.15) is 10.4 Å². The zero-order valence-electron chi connectivity index (χ0n) is 11.0. The van der Waals surface area contributed by atoms with E-state index in [2.05, 4.69) is 4.72 Å². The van der Waals surface area contributed by atoms with Crippen LogP contribution in [0.5, 0.6) is 0 Å². The third kappa shape index (κ3) is 4.31. The van der Waals surface area contributed by atoms with E-state index in [0.29, 0.717) is 5.56 Å². The molecule has 114 valence electrons. The van der Waals surface area contributed by atoms with Gasteiger partial charge in [0.05, 0.1) is 4.90 Å². The summed E-state index contributed by atoms with van der Waals surface area (Å²) < 4.78 is 52.4. The van der Waals surface area contributed by atoms with E-state index in [1.165, 1.54) is 34.9 Å². The molecule has 2 aromatic rings. The summed E-state index contributed by atoms with van der Waals surface area (Å²) in [5.41, 5.74) is 5.83. The van der Waals surface area contributed by atoms with Crippen molar-refractivity contribution in [3.63, 3.8) is 0 Å². The third-order valence-corrected chi connectivity index (χ3v) is 5.32. The number of rotatable bonds is 6. The van der Waals surface area contributed by atoms with Crippen LogP contribution >= 0.6 is 11.3 Å².